The molecule has 1 unspecified atom stereocenters. The summed E-state index contributed by atoms with van der Waals surface area (Å²) in [5, 5.41) is 6.89. The van der Waals surface area contributed by atoms with Crippen molar-refractivity contribution in [2.45, 2.75) is 26.9 Å². The average molecular weight is 339 g/mol. The summed E-state index contributed by atoms with van der Waals surface area (Å²) in [7, 11) is 0. The molecule has 0 spiro atoms. The molecule has 0 aliphatic heterocycles. The van der Waals surface area contributed by atoms with E-state index in [-0.39, 0.29) is 5.82 Å². The lowest BCUT2D eigenvalue weighted by Crippen LogP contribution is -2.30. The summed E-state index contributed by atoms with van der Waals surface area (Å²) < 4.78 is 10.2. The predicted octanol–water partition coefficient (Wildman–Crippen LogP) is 3.02. The Morgan fingerprint density at radius 1 is 1.20 bits per heavy atom. The van der Waals surface area contributed by atoms with Crippen LogP contribution in [0.5, 0.6) is 0 Å². The number of carbonyl (C=O) groups is 2. The quantitative estimate of drug-likeness (QED) is 0.734. The molecule has 0 bridgehead atoms. The van der Waals surface area contributed by atoms with Crippen molar-refractivity contribution in [3.8, 4) is 0 Å². The van der Waals surface area contributed by atoms with Crippen molar-refractivity contribution in [2.75, 3.05) is 5.32 Å². The number of amides is 1. The summed E-state index contributed by atoms with van der Waals surface area (Å²) in [6.45, 7) is 5.01. The third-order valence-corrected chi connectivity index (χ3v) is 3.60. The molecule has 7 nitrogen and oxygen atoms in total. The zero-order valence-corrected chi connectivity index (χ0v) is 14.1. The van der Waals surface area contributed by atoms with Crippen LogP contribution in [0.4, 0.5) is 5.82 Å². The van der Waals surface area contributed by atoms with Gasteiger partial charge in [-0.05, 0) is 32.9 Å². The summed E-state index contributed by atoms with van der Waals surface area (Å²) in [4.78, 5) is 29.0. The Morgan fingerprint density at radius 2 is 1.96 bits per heavy atom. The first-order valence-electron chi connectivity index (χ1n) is 7.75. The van der Waals surface area contributed by atoms with E-state index in [9.17, 15) is 9.59 Å². The normalized spacial score (nSPS) is 12.0. The Labute approximate surface area is 144 Å². The van der Waals surface area contributed by atoms with Gasteiger partial charge in [0, 0.05) is 17.1 Å². The molecule has 0 aliphatic rings. The largest absolute Gasteiger partial charge is 0.449 e. The molecule has 3 rings (SSSR count). The number of aryl methyl sites for hydroxylation is 2. The second kappa shape index (κ2) is 6.72. The van der Waals surface area contributed by atoms with E-state index < -0.39 is 18.0 Å². The number of nitrogens with one attached hydrogen (secondary N) is 1. The molecule has 128 valence electrons. The number of esters is 1. The first kappa shape index (κ1) is 16.6. The number of rotatable bonds is 4. The zero-order valence-electron chi connectivity index (χ0n) is 14.1. The van der Waals surface area contributed by atoms with Gasteiger partial charge in [-0.25, -0.2) is 4.79 Å². The Balaban J connectivity index is 1.76. The molecule has 0 saturated heterocycles. The van der Waals surface area contributed by atoms with Crippen molar-refractivity contribution >= 4 is 28.6 Å². The highest BCUT2D eigenvalue weighted by Crippen LogP contribution is 2.20. The average Bonchev–Trinajstić information content (AvgIpc) is 2.98. The fourth-order valence-electron chi connectivity index (χ4n) is 2.41. The van der Waals surface area contributed by atoms with Gasteiger partial charge in [0.05, 0.1) is 11.1 Å². The topological polar surface area (TPSA) is 94.3 Å². The van der Waals surface area contributed by atoms with Crippen molar-refractivity contribution in [3.05, 3.63) is 53.4 Å². The summed E-state index contributed by atoms with van der Waals surface area (Å²) >= 11 is 0. The fourth-order valence-corrected chi connectivity index (χ4v) is 2.41. The number of pyridine rings is 1. The van der Waals surface area contributed by atoms with Crippen LogP contribution in [0.3, 0.4) is 0 Å². The van der Waals surface area contributed by atoms with E-state index in [1.165, 1.54) is 6.92 Å². The third-order valence-electron chi connectivity index (χ3n) is 3.60. The van der Waals surface area contributed by atoms with Crippen molar-refractivity contribution < 1.29 is 18.8 Å². The molecular weight excluding hydrogens is 322 g/mol. The van der Waals surface area contributed by atoms with E-state index in [0.717, 1.165) is 0 Å². The van der Waals surface area contributed by atoms with Gasteiger partial charge in [-0.3, -0.25) is 9.78 Å². The molecule has 0 radical (unpaired) electrons. The number of ether oxygens (including phenoxy) is 1. The standard InChI is InChI=1S/C18H17N3O4/c1-10-8-14(13-6-4-5-7-15(13)19-10)18(23)24-12(3)17(22)20-16-9-11(2)25-21-16/h4-9,12H,1-3H3,(H,20,21,22). The van der Waals surface area contributed by atoms with E-state index in [1.54, 1.807) is 32.0 Å². The molecule has 1 amide bonds. The molecule has 0 fully saturated rings. The smallest absolute Gasteiger partial charge is 0.339 e. The van der Waals surface area contributed by atoms with Crippen LogP contribution < -0.4 is 5.32 Å². The highest BCUT2D eigenvalue weighted by Gasteiger charge is 2.21. The van der Waals surface area contributed by atoms with Gasteiger partial charge in [-0.15, -0.1) is 0 Å². The van der Waals surface area contributed by atoms with Gasteiger partial charge < -0.3 is 14.6 Å². The van der Waals surface area contributed by atoms with Crippen molar-refractivity contribution in [1.29, 1.82) is 0 Å². The molecule has 3 aromatic rings. The van der Waals surface area contributed by atoms with Crippen molar-refractivity contribution in [1.82, 2.24) is 10.1 Å². The lowest BCUT2D eigenvalue weighted by molar-refractivity contribution is -0.123. The number of para-hydroxylation sites is 1. The Bertz CT molecular complexity index is 948. The third kappa shape index (κ3) is 3.65. The number of benzene rings is 1. The Morgan fingerprint density at radius 3 is 2.68 bits per heavy atom. The maximum atomic E-state index is 12.5. The van der Waals surface area contributed by atoms with Crippen molar-refractivity contribution in [3.63, 3.8) is 0 Å². The van der Waals surface area contributed by atoms with Gasteiger partial charge in [-0.1, -0.05) is 23.4 Å². The number of hydrogen-bond donors (Lipinski definition) is 1. The predicted molar refractivity (Wildman–Crippen MR) is 91.2 cm³/mol. The second-order valence-corrected chi connectivity index (χ2v) is 5.69. The van der Waals surface area contributed by atoms with E-state index in [4.69, 9.17) is 9.26 Å². The van der Waals surface area contributed by atoms with Gasteiger partial charge >= 0.3 is 5.97 Å². The van der Waals surface area contributed by atoms with Crippen LogP contribution in [0.1, 0.15) is 28.7 Å². The summed E-state index contributed by atoms with van der Waals surface area (Å²) in [5.74, 6) is -0.230. The summed E-state index contributed by atoms with van der Waals surface area (Å²) in [6, 6.07) is 10.5. The monoisotopic (exact) mass is 339 g/mol. The molecule has 0 saturated carbocycles. The van der Waals surface area contributed by atoms with Gasteiger partial charge in [0.1, 0.15) is 5.76 Å². The first-order chi connectivity index (χ1) is 11.9. The van der Waals surface area contributed by atoms with Crippen LogP contribution in [-0.2, 0) is 9.53 Å². The summed E-state index contributed by atoms with van der Waals surface area (Å²) in [6.07, 6.45) is -0.989. The molecule has 2 aromatic heterocycles. The van der Waals surface area contributed by atoms with Crippen LogP contribution in [0.2, 0.25) is 0 Å². The van der Waals surface area contributed by atoms with Crippen molar-refractivity contribution in [2.24, 2.45) is 0 Å². The van der Waals surface area contributed by atoms with E-state index >= 15 is 0 Å². The van der Waals surface area contributed by atoms with Crippen LogP contribution in [-0.4, -0.2) is 28.1 Å². The van der Waals surface area contributed by atoms with Gasteiger partial charge in [0.25, 0.3) is 5.91 Å². The minimum Gasteiger partial charge on any atom is -0.449 e. The fraction of sp³-hybridized carbons (Fsp3) is 0.222. The maximum absolute atomic E-state index is 12.5. The number of aromatic nitrogens is 2. The minimum absolute atomic E-state index is 0.274. The number of carbonyl (C=O) groups excluding carboxylic acids is 2. The van der Waals surface area contributed by atoms with Gasteiger partial charge in [0.15, 0.2) is 11.9 Å². The molecule has 1 N–H and O–H groups in total. The molecule has 0 aliphatic carbocycles. The second-order valence-electron chi connectivity index (χ2n) is 5.69. The molecule has 1 atom stereocenters. The van der Waals surface area contributed by atoms with Crippen LogP contribution in [0.15, 0.2) is 40.9 Å². The number of nitrogens with zero attached hydrogens (tertiary/aromatic N) is 2. The Kier molecular flexibility index (Phi) is 4.47. The molecule has 1 aromatic carbocycles. The first-order valence-corrected chi connectivity index (χ1v) is 7.75. The molecule has 7 heteroatoms. The SMILES string of the molecule is Cc1cc(C(=O)OC(C)C(=O)Nc2cc(C)on2)c2ccccc2n1. The van der Waals surface area contributed by atoms with E-state index in [0.29, 0.717) is 27.9 Å². The maximum Gasteiger partial charge on any atom is 0.339 e. The highest BCUT2D eigenvalue weighted by molar-refractivity contribution is 6.04. The van der Waals surface area contributed by atoms with E-state index in [1.807, 2.05) is 18.2 Å². The van der Waals surface area contributed by atoms with Crippen LogP contribution >= 0.6 is 0 Å². The van der Waals surface area contributed by atoms with Crippen LogP contribution in [0.25, 0.3) is 10.9 Å². The lowest BCUT2D eigenvalue weighted by atomic mass is 10.1. The number of fused-ring (bicyclic) bond motifs is 1. The number of anilines is 1. The lowest BCUT2D eigenvalue weighted by Gasteiger charge is -2.13. The summed E-state index contributed by atoms with van der Waals surface area (Å²) in [5.41, 5.74) is 1.77. The van der Waals surface area contributed by atoms with Gasteiger partial charge in [0.2, 0.25) is 0 Å². The van der Waals surface area contributed by atoms with E-state index in [2.05, 4.69) is 15.5 Å². The van der Waals surface area contributed by atoms with Gasteiger partial charge in [-0.2, -0.15) is 0 Å². The highest BCUT2D eigenvalue weighted by atomic mass is 16.5. The zero-order chi connectivity index (χ0) is 18.0. The molecule has 2 heterocycles. The Hall–Kier alpha value is -3.22. The number of hydrogen-bond acceptors (Lipinski definition) is 6. The molecular formula is C18H17N3O4. The molecule has 25 heavy (non-hydrogen) atoms. The van der Waals surface area contributed by atoms with Crippen LogP contribution in [0, 0.1) is 13.8 Å². The minimum atomic E-state index is -0.989.